The molecule has 1 aromatic heterocycles. The monoisotopic (exact) mass is 217 g/mol. The summed E-state index contributed by atoms with van der Waals surface area (Å²) in [5.74, 6) is 0. The molecule has 7 heteroatoms. The molecule has 0 atom stereocenters. The van der Waals surface area contributed by atoms with Crippen molar-refractivity contribution in [3.05, 3.63) is 33.1 Å². The van der Waals surface area contributed by atoms with Crippen LogP contribution in [0.25, 0.3) is 0 Å². The van der Waals surface area contributed by atoms with E-state index in [4.69, 9.17) is 5.73 Å². The summed E-state index contributed by atoms with van der Waals surface area (Å²) in [5, 5.41) is 10.5. The van der Waals surface area contributed by atoms with Crippen molar-refractivity contribution in [2.45, 2.75) is 19.9 Å². The van der Waals surface area contributed by atoms with Crippen LogP contribution in [0.5, 0.6) is 0 Å². The van der Waals surface area contributed by atoms with Crippen LogP contribution in [0.3, 0.4) is 0 Å². The Hall–Kier alpha value is -1.63. The van der Waals surface area contributed by atoms with Gasteiger partial charge in [-0.25, -0.2) is 13.8 Å². The van der Waals surface area contributed by atoms with Gasteiger partial charge in [-0.15, -0.1) is 0 Å². The Labute approximate surface area is 84.1 Å². The number of nitrogens with zero attached hydrogens (tertiary/aromatic N) is 2. The lowest BCUT2D eigenvalue weighted by atomic mass is 10.1. The van der Waals surface area contributed by atoms with E-state index in [1.165, 1.54) is 6.92 Å². The van der Waals surface area contributed by atoms with Crippen LogP contribution >= 0.6 is 0 Å². The number of hydrogen-bond donors (Lipinski definition) is 1. The molecule has 0 radical (unpaired) electrons. The summed E-state index contributed by atoms with van der Waals surface area (Å²) in [4.78, 5) is 13.1. The first-order chi connectivity index (χ1) is 6.97. The van der Waals surface area contributed by atoms with Crippen LogP contribution in [0.1, 0.15) is 23.4 Å². The summed E-state index contributed by atoms with van der Waals surface area (Å²) < 4.78 is 24.8. The first-order valence-electron chi connectivity index (χ1n) is 4.10. The summed E-state index contributed by atoms with van der Waals surface area (Å²) >= 11 is 0. The SMILES string of the molecule is Cc1nc(C(F)F)c([N+](=O)[O-])cc1CN. The Balaban J connectivity index is 3.39. The fourth-order valence-corrected chi connectivity index (χ4v) is 1.17. The number of aromatic nitrogens is 1. The molecule has 0 aliphatic carbocycles. The van der Waals surface area contributed by atoms with Crippen molar-refractivity contribution < 1.29 is 13.7 Å². The summed E-state index contributed by atoms with van der Waals surface area (Å²) in [6.07, 6.45) is -2.96. The zero-order valence-corrected chi connectivity index (χ0v) is 7.91. The average molecular weight is 217 g/mol. The number of halogens is 2. The smallest absolute Gasteiger partial charge is 0.296 e. The quantitative estimate of drug-likeness (QED) is 0.617. The molecule has 0 spiro atoms. The molecule has 0 amide bonds. The van der Waals surface area contributed by atoms with Gasteiger partial charge in [0.05, 0.1) is 4.92 Å². The highest BCUT2D eigenvalue weighted by molar-refractivity contribution is 5.41. The third kappa shape index (κ3) is 2.24. The lowest BCUT2D eigenvalue weighted by Gasteiger charge is -2.06. The standard InChI is InChI=1S/C8H9F2N3O2/c1-4-5(3-11)2-6(13(14)15)7(12-4)8(9)10/h2,8H,3,11H2,1H3. The van der Waals surface area contributed by atoms with Crippen LogP contribution in [0.4, 0.5) is 14.5 Å². The Morgan fingerprint density at radius 2 is 2.27 bits per heavy atom. The Bertz CT molecular complexity index is 396. The Morgan fingerprint density at radius 3 is 2.67 bits per heavy atom. The van der Waals surface area contributed by atoms with Crippen LogP contribution in [0.15, 0.2) is 6.07 Å². The third-order valence-electron chi connectivity index (χ3n) is 1.95. The minimum Gasteiger partial charge on any atom is -0.326 e. The number of alkyl halides is 2. The summed E-state index contributed by atoms with van der Waals surface area (Å²) in [6, 6.07) is 1.05. The van der Waals surface area contributed by atoms with Gasteiger partial charge in [0.1, 0.15) is 0 Å². The first kappa shape index (κ1) is 11.4. The highest BCUT2D eigenvalue weighted by Gasteiger charge is 2.24. The van der Waals surface area contributed by atoms with Gasteiger partial charge < -0.3 is 5.73 Å². The second-order valence-electron chi connectivity index (χ2n) is 2.90. The van der Waals surface area contributed by atoms with Gasteiger partial charge >= 0.3 is 0 Å². The predicted octanol–water partition coefficient (Wildman–Crippen LogP) is 1.69. The van der Waals surface area contributed by atoms with E-state index < -0.39 is 22.7 Å². The van der Waals surface area contributed by atoms with Gasteiger partial charge in [0.15, 0.2) is 5.69 Å². The molecule has 0 aromatic carbocycles. The third-order valence-corrected chi connectivity index (χ3v) is 1.95. The molecule has 1 aromatic rings. The predicted molar refractivity (Wildman–Crippen MR) is 48.5 cm³/mol. The summed E-state index contributed by atoms with van der Waals surface area (Å²) in [6.45, 7) is 1.51. The van der Waals surface area contributed by atoms with E-state index in [2.05, 4.69) is 4.98 Å². The second kappa shape index (κ2) is 4.26. The van der Waals surface area contributed by atoms with E-state index in [9.17, 15) is 18.9 Å². The van der Waals surface area contributed by atoms with Crippen molar-refractivity contribution in [3.63, 3.8) is 0 Å². The minimum absolute atomic E-state index is 0.0309. The Morgan fingerprint density at radius 1 is 1.67 bits per heavy atom. The number of hydrogen-bond acceptors (Lipinski definition) is 4. The molecule has 2 N–H and O–H groups in total. The first-order valence-corrected chi connectivity index (χ1v) is 4.10. The van der Waals surface area contributed by atoms with Gasteiger partial charge in [-0.1, -0.05) is 0 Å². The fourth-order valence-electron chi connectivity index (χ4n) is 1.17. The Kier molecular flexibility index (Phi) is 3.25. The molecule has 0 fully saturated rings. The van der Waals surface area contributed by atoms with Gasteiger partial charge in [0.2, 0.25) is 0 Å². The van der Waals surface area contributed by atoms with Gasteiger partial charge in [0, 0.05) is 18.3 Å². The molecule has 82 valence electrons. The lowest BCUT2D eigenvalue weighted by molar-refractivity contribution is -0.386. The molecule has 0 aliphatic heterocycles. The number of aryl methyl sites for hydroxylation is 1. The van der Waals surface area contributed by atoms with E-state index >= 15 is 0 Å². The van der Waals surface area contributed by atoms with Gasteiger partial charge in [0.25, 0.3) is 12.1 Å². The van der Waals surface area contributed by atoms with E-state index in [0.29, 0.717) is 11.3 Å². The fraction of sp³-hybridized carbons (Fsp3) is 0.375. The molecule has 0 aliphatic rings. The molecular formula is C8H9F2N3O2. The molecule has 5 nitrogen and oxygen atoms in total. The van der Waals surface area contributed by atoms with E-state index in [0.717, 1.165) is 6.07 Å². The van der Waals surface area contributed by atoms with Crippen LogP contribution in [-0.4, -0.2) is 9.91 Å². The molecule has 0 unspecified atom stereocenters. The molecule has 15 heavy (non-hydrogen) atoms. The van der Waals surface area contributed by atoms with Crippen molar-refractivity contribution in [1.82, 2.24) is 4.98 Å². The maximum absolute atomic E-state index is 12.4. The number of pyridine rings is 1. The number of nitro groups is 1. The van der Waals surface area contributed by atoms with Crippen molar-refractivity contribution in [2.24, 2.45) is 5.73 Å². The van der Waals surface area contributed by atoms with Crippen LogP contribution in [0, 0.1) is 17.0 Å². The normalized spacial score (nSPS) is 10.7. The summed E-state index contributed by atoms with van der Waals surface area (Å²) in [7, 11) is 0. The molecule has 1 rings (SSSR count). The van der Waals surface area contributed by atoms with Crippen molar-refractivity contribution in [2.75, 3.05) is 0 Å². The zero-order chi connectivity index (χ0) is 11.6. The second-order valence-corrected chi connectivity index (χ2v) is 2.90. The number of rotatable bonds is 3. The maximum Gasteiger partial charge on any atom is 0.296 e. The molecular weight excluding hydrogens is 208 g/mol. The van der Waals surface area contributed by atoms with Crippen LogP contribution in [0.2, 0.25) is 0 Å². The van der Waals surface area contributed by atoms with Crippen molar-refractivity contribution >= 4 is 5.69 Å². The van der Waals surface area contributed by atoms with Crippen LogP contribution < -0.4 is 5.73 Å². The summed E-state index contributed by atoms with van der Waals surface area (Å²) in [5.41, 5.74) is 4.49. The van der Waals surface area contributed by atoms with E-state index in [1.54, 1.807) is 0 Å². The topological polar surface area (TPSA) is 82.0 Å². The highest BCUT2D eigenvalue weighted by Crippen LogP contribution is 2.28. The molecule has 0 saturated heterocycles. The average Bonchev–Trinajstić information content (AvgIpc) is 2.16. The van der Waals surface area contributed by atoms with Crippen LogP contribution in [-0.2, 0) is 6.54 Å². The number of nitrogens with two attached hydrogens (primary N) is 1. The van der Waals surface area contributed by atoms with Gasteiger partial charge in [-0.2, -0.15) is 0 Å². The van der Waals surface area contributed by atoms with Gasteiger partial charge in [-0.3, -0.25) is 10.1 Å². The maximum atomic E-state index is 12.4. The highest BCUT2D eigenvalue weighted by atomic mass is 19.3. The van der Waals surface area contributed by atoms with Gasteiger partial charge in [-0.05, 0) is 12.5 Å². The zero-order valence-electron chi connectivity index (χ0n) is 7.91. The minimum atomic E-state index is -2.96. The van der Waals surface area contributed by atoms with Crippen molar-refractivity contribution in [3.8, 4) is 0 Å². The molecule has 0 bridgehead atoms. The lowest BCUT2D eigenvalue weighted by Crippen LogP contribution is -2.07. The largest absolute Gasteiger partial charge is 0.326 e. The van der Waals surface area contributed by atoms with E-state index in [-0.39, 0.29) is 6.54 Å². The molecule has 1 heterocycles. The van der Waals surface area contributed by atoms with Crippen molar-refractivity contribution in [1.29, 1.82) is 0 Å². The molecule has 0 saturated carbocycles. The van der Waals surface area contributed by atoms with E-state index in [1.807, 2.05) is 0 Å².